The van der Waals surface area contributed by atoms with E-state index in [2.05, 4.69) is 5.32 Å². The van der Waals surface area contributed by atoms with E-state index in [-0.39, 0.29) is 29.1 Å². The Morgan fingerprint density at radius 1 is 0.952 bits per heavy atom. The standard InChI is InChI=1S/C33H40ClN3O4S/c1-3-31(33(39)35-27-15-9-5-10-16-27)36(22-21-26-13-7-4-8-14-26)32(38)24-37(28-20-19-25(2)30(34)23-28)42(40,41)29-17-11-6-12-18-29/h4,6-8,11-14,17-20,23,27,31H,3,5,9-10,15-16,21-22,24H2,1-2H3,(H,35,39)/t31-/m0/s1. The molecule has 7 nitrogen and oxygen atoms in total. The van der Waals surface area contributed by atoms with Gasteiger partial charge < -0.3 is 10.2 Å². The Morgan fingerprint density at radius 2 is 1.60 bits per heavy atom. The van der Waals surface area contributed by atoms with Crippen LogP contribution in [0.1, 0.15) is 56.6 Å². The topological polar surface area (TPSA) is 86.8 Å². The molecule has 1 aliphatic rings. The zero-order valence-corrected chi connectivity index (χ0v) is 25.9. The highest BCUT2D eigenvalue weighted by atomic mass is 35.5. The third-order valence-electron chi connectivity index (χ3n) is 7.88. The van der Waals surface area contributed by atoms with Crippen LogP contribution >= 0.6 is 11.6 Å². The molecule has 1 fully saturated rings. The molecule has 4 rings (SSSR count). The number of hydrogen-bond donors (Lipinski definition) is 1. The molecule has 0 aromatic heterocycles. The number of carbonyl (C=O) groups excluding carboxylic acids is 2. The molecular formula is C33H40ClN3O4S. The van der Waals surface area contributed by atoms with Gasteiger partial charge in [-0.1, -0.05) is 92.4 Å². The third-order valence-corrected chi connectivity index (χ3v) is 10.1. The number of anilines is 1. The normalized spacial score (nSPS) is 14.6. The first-order valence-electron chi connectivity index (χ1n) is 14.7. The number of benzene rings is 3. The molecule has 0 radical (unpaired) electrons. The molecule has 3 aromatic rings. The van der Waals surface area contributed by atoms with Crippen LogP contribution in [-0.2, 0) is 26.0 Å². The Morgan fingerprint density at radius 3 is 2.21 bits per heavy atom. The second-order valence-corrected chi connectivity index (χ2v) is 13.1. The minimum absolute atomic E-state index is 0.0624. The maximum Gasteiger partial charge on any atom is 0.264 e. The van der Waals surface area contributed by atoms with Crippen LogP contribution < -0.4 is 9.62 Å². The average Bonchev–Trinajstić information content (AvgIpc) is 3.00. The van der Waals surface area contributed by atoms with E-state index in [1.165, 1.54) is 18.6 Å². The summed E-state index contributed by atoms with van der Waals surface area (Å²) in [6, 6.07) is 22.1. The van der Waals surface area contributed by atoms with E-state index in [4.69, 9.17) is 11.6 Å². The highest BCUT2D eigenvalue weighted by Crippen LogP contribution is 2.28. The minimum Gasteiger partial charge on any atom is -0.352 e. The largest absolute Gasteiger partial charge is 0.352 e. The summed E-state index contributed by atoms with van der Waals surface area (Å²) in [5.74, 6) is -0.644. The van der Waals surface area contributed by atoms with Crippen molar-refractivity contribution in [1.29, 1.82) is 0 Å². The van der Waals surface area contributed by atoms with Gasteiger partial charge in [0, 0.05) is 17.6 Å². The summed E-state index contributed by atoms with van der Waals surface area (Å²) in [5.41, 5.74) is 2.10. The maximum absolute atomic E-state index is 14.2. The first-order valence-corrected chi connectivity index (χ1v) is 16.5. The van der Waals surface area contributed by atoms with Gasteiger partial charge in [0.2, 0.25) is 11.8 Å². The highest BCUT2D eigenvalue weighted by molar-refractivity contribution is 7.92. The van der Waals surface area contributed by atoms with Crippen molar-refractivity contribution in [3.63, 3.8) is 0 Å². The third kappa shape index (κ3) is 7.92. The van der Waals surface area contributed by atoms with Crippen molar-refractivity contribution in [2.24, 2.45) is 0 Å². The predicted octanol–water partition coefficient (Wildman–Crippen LogP) is 6.14. The monoisotopic (exact) mass is 609 g/mol. The molecule has 9 heteroatoms. The summed E-state index contributed by atoms with van der Waals surface area (Å²) < 4.78 is 29.0. The fourth-order valence-electron chi connectivity index (χ4n) is 5.43. The first-order chi connectivity index (χ1) is 20.2. The van der Waals surface area contributed by atoms with Crippen LogP contribution in [0, 0.1) is 6.92 Å². The zero-order chi connectivity index (χ0) is 30.1. The molecule has 2 amide bonds. The van der Waals surface area contributed by atoms with Crippen LogP contribution in [0.5, 0.6) is 0 Å². The minimum atomic E-state index is -4.13. The van der Waals surface area contributed by atoms with Gasteiger partial charge in [-0.3, -0.25) is 13.9 Å². The van der Waals surface area contributed by atoms with Gasteiger partial charge in [0.25, 0.3) is 10.0 Å². The average molecular weight is 610 g/mol. The van der Waals surface area contributed by atoms with E-state index in [0.717, 1.165) is 41.1 Å². The summed E-state index contributed by atoms with van der Waals surface area (Å²) in [4.78, 5) is 29.4. The summed E-state index contributed by atoms with van der Waals surface area (Å²) in [7, 11) is -4.13. The number of hydrogen-bond acceptors (Lipinski definition) is 4. The van der Waals surface area contributed by atoms with Crippen molar-refractivity contribution in [3.05, 3.63) is 95.0 Å². The number of carbonyl (C=O) groups is 2. The number of rotatable bonds is 12. The van der Waals surface area contributed by atoms with Crippen molar-refractivity contribution in [2.45, 2.75) is 75.8 Å². The summed E-state index contributed by atoms with van der Waals surface area (Å²) >= 11 is 6.41. The van der Waals surface area contributed by atoms with Crippen molar-refractivity contribution in [2.75, 3.05) is 17.4 Å². The van der Waals surface area contributed by atoms with Gasteiger partial charge in [0.15, 0.2) is 0 Å². The molecule has 1 N–H and O–H groups in total. The number of sulfonamides is 1. The van der Waals surface area contributed by atoms with Gasteiger partial charge in [0.1, 0.15) is 12.6 Å². The van der Waals surface area contributed by atoms with Gasteiger partial charge >= 0.3 is 0 Å². The van der Waals surface area contributed by atoms with Crippen LogP contribution in [0.4, 0.5) is 5.69 Å². The Balaban J connectivity index is 1.67. The van der Waals surface area contributed by atoms with Gasteiger partial charge in [-0.25, -0.2) is 8.42 Å². The summed E-state index contributed by atoms with van der Waals surface area (Å²) in [6.07, 6.45) is 6.10. The van der Waals surface area contributed by atoms with Gasteiger partial charge in [-0.15, -0.1) is 0 Å². The first kappa shape index (κ1) is 31.6. The Labute approximate surface area is 254 Å². The van der Waals surface area contributed by atoms with Gasteiger partial charge in [0.05, 0.1) is 10.6 Å². The van der Waals surface area contributed by atoms with Crippen molar-refractivity contribution >= 4 is 39.1 Å². The van der Waals surface area contributed by atoms with Crippen LogP contribution in [0.2, 0.25) is 5.02 Å². The lowest BCUT2D eigenvalue weighted by Crippen LogP contribution is -2.54. The van der Waals surface area contributed by atoms with Gasteiger partial charge in [-0.2, -0.15) is 0 Å². The van der Waals surface area contributed by atoms with Crippen molar-refractivity contribution < 1.29 is 18.0 Å². The van der Waals surface area contributed by atoms with E-state index >= 15 is 0 Å². The fraction of sp³-hybridized carbons (Fsp3) is 0.394. The van der Waals surface area contributed by atoms with E-state index in [1.54, 1.807) is 41.3 Å². The number of halogens is 1. The molecule has 0 unspecified atom stereocenters. The van der Waals surface area contributed by atoms with Crippen molar-refractivity contribution in [3.8, 4) is 0 Å². The van der Waals surface area contributed by atoms with Crippen molar-refractivity contribution in [1.82, 2.24) is 10.2 Å². The molecule has 0 aliphatic heterocycles. The molecular weight excluding hydrogens is 570 g/mol. The smallest absolute Gasteiger partial charge is 0.264 e. The second-order valence-electron chi connectivity index (χ2n) is 10.8. The molecule has 1 aliphatic carbocycles. The SMILES string of the molecule is CC[C@@H](C(=O)NC1CCCCC1)N(CCc1ccccc1)C(=O)CN(c1ccc(C)c(Cl)c1)S(=O)(=O)c1ccccc1. The highest BCUT2D eigenvalue weighted by Gasteiger charge is 2.34. The number of aryl methyl sites for hydroxylation is 1. The quantitative estimate of drug-likeness (QED) is 0.267. The van der Waals surface area contributed by atoms with E-state index in [9.17, 15) is 18.0 Å². The van der Waals surface area contributed by atoms with Crippen LogP contribution in [0.3, 0.4) is 0 Å². The molecule has 224 valence electrons. The number of amides is 2. The molecule has 0 heterocycles. The lowest BCUT2D eigenvalue weighted by atomic mass is 9.95. The summed E-state index contributed by atoms with van der Waals surface area (Å²) in [5, 5.41) is 3.57. The lowest BCUT2D eigenvalue weighted by Gasteiger charge is -2.34. The molecule has 1 saturated carbocycles. The van der Waals surface area contributed by atoms with Crippen LogP contribution in [0.25, 0.3) is 0 Å². The van der Waals surface area contributed by atoms with Crippen LogP contribution in [-0.4, -0.2) is 50.3 Å². The molecule has 1 atom stereocenters. The molecule has 0 spiro atoms. The second kappa shape index (κ2) is 14.7. The molecule has 3 aromatic carbocycles. The maximum atomic E-state index is 14.2. The fourth-order valence-corrected chi connectivity index (χ4v) is 7.03. The number of nitrogens with one attached hydrogen (secondary N) is 1. The van der Waals surface area contributed by atoms with E-state index in [0.29, 0.717) is 17.9 Å². The van der Waals surface area contributed by atoms with Gasteiger partial charge in [-0.05, 0) is 68.0 Å². The Bertz CT molecular complexity index is 1440. The number of nitrogens with zero attached hydrogens (tertiary/aromatic N) is 2. The summed E-state index contributed by atoms with van der Waals surface area (Å²) in [6.45, 7) is 3.51. The predicted molar refractivity (Wildman–Crippen MR) is 168 cm³/mol. The lowest BCUT2D eigenvalue weighted by molar-refractivity contribution is -0.140. The Hall–Kier alpha value is -3.36. The molecule has 42 heavy (non-hydrogen) atoms. The molecule has 0 saturated heterocycles. The Kier molecular flexibility index (Phi) is 11.0. The molecule has 0 bridgehead atoms. The van der Waals surface area contributed by atoms with Crippen LogP contribution in [0.15, 0.2) is 83.8 Å². The van der Waals surface area contributed by atoms with E-state index in [1.807, 2.05) is 44.2 Å². The van der Waals surface area contributed by atoms with E-state index < -0.39 is 28.5 Å². The zero-order valence-electron chi connectivity index (χ0n) is 24.3.